The molecule has 1 saturated carbocycles. The lowest BCUT2D eigenvalue weighted by molar-refractivity contribution is 0.379. The van der Waals surface area contributed by atoms with E-state index in [1.165, 1.54) is 0 Å². The maximum absolute atomic E-state index is 13.6. The van der Waals surface area contributed by atoms with Gasteiger partial charge in [0.05, 0.1) is 19.5 Å². The second-order valence-electron chi connectivity index (χ2n) is 9.27. The highest BCUT2D eigenvalue weighted by Gasteiger charge is 2.35. The van der Waals surface area contributed by atoms with E-state index in [0.29, 0.717) is 54.9 Å². The third-order valence-electron chi connectivity index (χ3n) is 6.88. The predicted octanol–water partition coefficient (Wildman–Crippen LogP) is 3.06. The molecule has 0 spiro atoms. The van der Waals surface area contributed by atoms with E-state index in [9.17, 15) is 8.42 Å². The Morgan fingerprint density at radius 2 is 1.69 bits per heavy atom. The van der Waals surface area contributed by atoms with Gasteiger partial charge in [0.25, 0.3) is 0 Å². The van der Waals surface area contributed by atoms with E-state index in [0.717, 1.165) is 24.8 Å². The van der Waals surface area contributed by atoms with Gasteiger partial charge in [-0.2, -0.15) is 0 Å². The Balaban J connectivity index is 1.48. The Kier molecular flexibility index (Phi) is 6.69. The number of methoxy groups -OCH3 is 2. The number of nitrogens with one attached hydrogen (secondary N) is 1. The summed E-state index contributed by atoms with van der Waals surface area (Å²) in [6.07, 6.45) is 7.75. The van der Waals surface area contributed by atoms with Gasteiger partial charge in [0.15, 0.2) is 0 Å². The smallest absolute Gasteiger partial charge is 0.243 e. The van der Waals surface area contributed by atoms with Gasteiger partial charge < -0.3 is 14.4 Å². The first kappa shape index (κ1) is 24.3. The lowest BCUT2D eigenvalue weighted by atomic mass is 9.85. The largest absolute Gasteiger partial charge is 0.494 e. The third kappa shape index (κ3) is 4.57. The van der Waals surface area contributed by atoms with Crippen LogP contribution in [0.4, 0.5) is 11.9 Å². The van der Waals surface area contributed by atoms with Crippen molar-refractivity contribution in [3.8, 4) is 17.2 Å². The summed E-state index contributed by atoms with van der Waals surface area (Å²) in [5.74, 6) is 2.62. The minimum atomic E-state index is -3.81. The predicted molar refractivity (Wildman–Crippen MR) is 136 cm³/mol. The fraction of sp³-hybridized carbons (Fsp3) is 0.500. The number of hydrogen-bond acceptors (Lipinski definition) is 9. The van der Waals surface area contributed by atoms with E-state index in [-0.39, 0.29) is 11.9 Å². The fourth-order valence-corrected chi connectivity index (χ4v) is 6.10. The third-order valence-corrected chi connectivity index (χ3v) is 8.61. The van der Waals surface area contributed by atoms with Gasteiger partial charge in [0.2, 0.25) is 21.9 Å². The zero-order valence-corrected chi connectivity index (χ0v) is 21.5. The molecule has 3 heterocycles. The molecule has 1 aliphatic carbocycles. The van der Waals surface area contributed by atoms with E-state index in [4.69, 9.17) is 9.47 Å². The molecule has 12 heteroatoms. The fourth-order valence-electron chi connectivity index (χ4n) is 4.70. The van der Waals surface area contributed by atoms with Crippen molar-refractivity contribution in [2.75, 3.05) is 36.9 Å². The minimum absolute atomic E-state index is 0.128. The lowest BCUT2D eigenvalue weighted by Crippen LogP contribution is -2.45. The molecule has 11 nitrogen and oxygen atoms in total. The van der Waals surface area contributed by atoms with Crippen LogP contribution in [0.15, 0.2) is 30.6 Å². The summed E-state index contributed by atoms with van der Waals surface area (Å²) in [6, 6.07) is 5.44. The van der Waals surface area contributed by atoms with Gasteiger partial charge in [-0.25, -0.2) is 18.4 Å². The molecule has 1 aromatic carbocycles. The van der Waals surface area contributed by atoms with E-state index in [1.54, 1.807) is 43.3 Å². The van der Waals surface area contributed by atoms with Crippen molar-refractivity contribution in [1.29, 1.82) is 0 Å². The van der Waals surface area contributed by atoms with Crippen LogP contribution in [-0.4, -0.2) is 65.7 Å². The van der Waals surface area contributed by atoms with Crippen LogP contribution in [0, 0.1) is 6.92 Å². The molecule has 1 atom stereocenters. The maximum atomic E-state index is 13.6. The first-order valence-corrected chi connectivity index (χ1v) is 13.7. The van der Waals surface area contributed by atoms with Crippen LogP contribution in [0.5, 0.6) is 11.5 Å². The molecule has 1 N–H and O–H groups in total. The molecule has 1 aliphatic heterocycles. The van der Waals surface area contributed by atoms with E-state index >= 15 is 0 Å². The molecule has 1 saturated heterocycles. The van der Waals surface area contributed by atoms with Crippen molar-refractivity contribution in [1.82, 2.24) is 24.7 Å². The molecular formula is C24H31N7O4S. The first-order chi connectivity index (χ1) is 17.4. The van der Waals surface area contributed by atoms with Gasteiger partial charge in [-0.1, -0.05) is 12.5 Å². The van der Waals surface area contributed by atoms with Crippen molar-refractivity contribution < 1.29 is 17.9 Å². The van der Waals surface area contributed by atoms with Gasteiger partial charge in [0.1, 0.15) is 23.0 Å². The van der Waals surface area contributed by atoms with Crippen molar-refractivity contribution in [3.63, 3.8) is 0 Å². The molecule has 2 fully saturated rings. The number of aryl methyl sites for hydroxylation is 1. The van der Waals surface area contributed by atoms with E-state index in [2.05, 4.69) is 24.9 Å². The zero-order chi connectivity index (χ0) is 25.3. The van der Waals surface area contributed by atoms with Gasteiger partial charge >= 0.3 is 0 Å². The first-order valence-electron chi connectivity index (χ1n) is 12.1. The second-order valence-corrected chi connectivity index (χ2v) is 11.2. The molecule has 36 heavy (non-hydrogen) atoms. The Hall–Kier alpha value is -3.41. The normalized spacial score (nSPS) is 18.5. The highest BCUT2D eigenvalue weighted by Crippen LogP contribution is 2.41. The molecule has 5 rings (SSSR count). The molecule has 0 amide bonds. The number of rotatable bonds is 8. The summed E-state index contributed by atoms with van der Waals surface area (Å²) >= 11 is 0. The van der Waals surface area contributed by atoms with E-state index in [1.807, 2.05) is 17.9 Å². The van der Waals surface area contributed by atoms with Crippen LogP contribution in [0.3, 0.4) is 0 Å². The number of hydrogen-bond donors (Lipinski definition) is 1. The Labute approximate surface area is 210 Å². The summed E-state index contributed by atoms with van der Waals surface area (Å²) in [6.45, 7) is 2.91. The highest BCUT2D eigenvalue weighted by molar-refractivity contribution is 7.93. The lowest BCUT2D eigenvalue weighted by Gasteiger charge is -2.32. The standard InChI is InChI=1S/C24H31N7O4S/c1-16-13-25-23(26-14-16)30-12-6-9-18(15-30)36(32,33)29-24-28-27-22(17-7-4-8-17)31(24)21-19(34-2)10-5-11-20(21)35-3/h5,10-11,13-14,17-18H,4,6-9,12,15H2,1-3H3,(H,28,29). The summed E-state index contributed by atoms with van der Waals surface area (Å²) in [5.41, 5.74) is 1.53. The average Bonchev–Trinajstić information content (AvgIpc) is 3.24. The van der Waals surface area contributed by atoms with Gasteiger partial charge in [-0.05, 0) is 50.3 Å². The number of ether oxygens (including phenoxy) is 2. The van der Waals surface area contributed by atoms with Crippen molar-refractivity contribution >= 4 is 21.9 Å². The van der Waals surface area contributed by atoms with Gasteiger partial charge in [0, 0.05) is 31.4 Å². The number of benzene rings is 1. The number of anilines is 2. The van der Waals surface area contributed by atoms with E-state index < -0.39 is 15.3 Å². The summed E-state index contributed by atoms with van der Waals surface area (Å²) in [4.78, 5) is 10.7. The highest BCUT2D eigenvalue weighted by atomic mass is 32.2. The van der Waals surface area contributed by atoms with Crippen LogP contribution in [0.2, 0.25) is 0 Å². The topological polar surface area (TPSA) is 124 Å². The van der Waals surface area contributed by atoms with Crippen LogP contribution in [0.25, 0.3) is 5.69 Å². The average molecular weight is 514 g/mol. The molecule has 1 unspecified atom stereocenters. The number of sulfonamides is 1. The maximum Gasteiger partial charge on any atom is 0.243 e. The monoisotopic (exact) mass is 513 g/mol. The number of para-hydroxylation sites is 1. The molecule has 3 aromatic rings. The van der Waals surface area contributed by atoms with Gasteiger partial charge in [-0.3, -0.25) is 9.29 Å². The minimum Gasteiger partial charge on any atom is -0.494 e. The summed E-state index contributed by atoms with van der Waals surface area (Å²) < 4.78 is 43.0. The number of aromatic nitrogens is 5. The van der Waals surface area contributed by atoms with Crippen LogP contribution < -0.4 is 19.1 Å². The molecule has 2 aromatic heterocycles. The zero-order valence-electron chi connectivity index (χ0n) is 20.7. The Bertz CT molecular complexity index is 1300. The van der Waals surface area contributed by atoms with Crippen LogP contribution >= 0.6 is 0 Å². The van der Waals surface area contributed by atoms with Crippen molar-refractivity contribution in [2.24, 2.45) is 0 Å². The number of nitrogens with zero attached hydrogens (tertiary/aromatic N) is 6. The van der Waals surface area contributed by atoms with Crippen molar-refractivity contribution in [2.45, 2.75) is 50.2 Å². The second kappa shape index (κ2) is 9.92. The molecule has 192 valence electrons. The summed E-state index contributed by atoms with van der Waals surface area (Å²) in [7, 11) is -0.671. The Morgan fingerprint density at radius 3 is 2.31 bits per heavy atom. The van der Waals surface area contributed by atoms with Crippen LogP contribution in [-0.2, 0) is 10.0 Å². The quantitative estimate of drug-likeness (QED) is 0.484. The summed E-state index contributed by atoms with van der Waals surface area (Å²) in [5, 5.41) is 8.04. The molecule has 2 aliphatic rings. The molecule has 0 bridgehead atoms. The SMILES string of the molecule is COc1cccc(OC)c1-n1c(NS(=O)(=O)C2CCCN(c3ncc(C)cn3)C2)nnc1C1CCC1. The van der Waals surface area contributed by atoms with Crippen LogP contribution in [0.1, 0.15) is 49.4 Å². The molecule has 0 radical (unpaired) electrons. The van der Waals surface area contributed by atoms with Crippen molar-refractivity contribution in [3.05, 3.63) is 42.0 Å². The molecular weight excluding hydrogens is 482 g/mol. The number of piperidine rings is 1. The Morgan fingerprint density at radius 1 is 1.00 bits per heavy atom. The van der Waals surface area contributed by atoms with Gasteiger partial charge in [-0.15, -0.1) is 10.2 Å².